The van der Waals surface area contributed by atoms with E-state index in [9.17, 15) is 17.6 Å². The van der Waals surface area contributed by atoms with Crippen LogP contribution in [0.1, 0.15) is 21.6 Å². The van der Waals surface area contributed by atoms with Crippen LogP contribution >= 0.6 is 0 Å². The van der Waals surface area contributed by atoms with E-state index in [1.165, 1.54) is 24.4 Å². The van der Waals surface area contributed by atoms with E-state index < -0.39 is 21.4 Å². The van der Waals surface area contributed by atoms with Gasteiger partial charge in [-0.2, -0.15) is 0 Å². The van der Waals surface area contributed by atoms with E-state index in [1.54, 1.807) is 35.4 Å². The average Bonchev–Trinajstić information content (AvgIpc) is 2.90. The van der Waals surface area contributed by atoms with Crippen molar-refractivity contribution in [2.24, 2.45) is 0 Å². The molecule has 1 saturated heterocycles. The molecular weight excluding hydrogens is 479 g/mol. The molecule has 3 heterocycles. The Morgan fingerprint density at radius 3 is 2.42 bits per heavy atom. The van der Waals surface area contributed by atoms with E-state index in [0.717, 1.165) is 11.8 Å². The second kappa shape index (κ2) is 10.1. The van der Waals surface area contributed by atoms with E-state index in [4.69, 9.17) is 0 Å². The zero-order chi connectivity index (χ0) is 25.1. The first kappa shape index (κ1) is 24.0. The minimum atomic E-state index is -3.86. The number of para-hydroxylation sites is 1. The average molecular weight is 505 g/mol. The van der Waals surface area contributed by atoms with Gasteiger partial charge in [0.25, 0.3) is 5.91 Å². The summed E-state index contributed by atoms with van der Waals surface area (Å²) in [7, 11) is -3.86. The summed E-state index contributed by atoms with van der Waals surface area (Å²) in [5, 5.41) is 0.695. The van der Waals surface area contributed by atoms with Crippen molar-refractivity contribution in [2.45, 2.75) is 17.2 Å². The summed E-state index contributed by atoms with van der Waals surface area (Å²) in [6, 6.07) is 18.2. The maximum absolute atomic E-state index is 15.0. The van der Waals surface area contributed by atoms with E-state index in [-0.39, 0.29) is 21.9 Å². The Balaban J connectivity index is 1.26. The van der Waals surface area contributed by atoms with Crippen molar-refractivity contribution in [1.29, 1.82) is 0 Å². The Bertz CT molecular complexity index is 1500. The van der Waals surface area contributed by atoms with Gasteiger partial charge in [0.15, 0.2) is 9.84 Å². The molecule has 0 N–H and O–H groups in total. The molecular formula is C27H25FN4O3S. The molecule has 2 aromatic heterocycles. The number of pyridine rings is 2. The number of piperazine rings is 1. The zero-order valence-corrected chi connectivity index (χ0v) is 20.4. The third kappa shape index (κ3) is 5.12. The molecule has 0 atom stereocenters. The van der Waals surface area contributed by atoms with E-state index in [0.29, 0.717) is 43.6 Å². The van der Waals surface area contributed by atoms with Gasteiger partial charge in [-0.05, 0) is 36.4 Å². The van der Waals surface area contributed by atoms with Gasteiger partial charge in [-0.15, -0.1) is 0 Å². The van der Waals surface area contributed by atoms with Crippen molar-refractivity contribution in [1.82, 2.24) is 19.8 Å². The number of fused-ring (bicyclic) bond motifs is 1. The van der Waals surface area contributed by atoms with Gasteiger partial charge in [-0.25, -0.2) is 12.8 Å². The van der Waals surface area contributed by atoms with Gasteiger partial charge in [0.05, 0.1) is 21.9 Å². The van der Waals surface area contributed by atoms with Crippen LogP contribution in [0.4, 0.5) is 4.39 Å². The Morgan fingerprint density at radius 2 is 1.67 bits per heavy atom. The van der Waals surface area contributed by atoms with Gasteiger partial charge in [-0.1, -0.05) is 30.3 Å². The third-order valence-electron chi connectivity index (χ3n) is 6.35. The van der Waals surface area contributed by atoms with Crippen molar-refractivity contribution in [3.8, 4) is 0 Å². The fourth-order valence-corrected chi connectivity index (χ4v) is 5.97. The molecule has 184 valence electrons. The number of sulfone groups is 1. The minimum absolute atomic E-state index is 0.0136. The van der Waals surface area contributed by atoms with Gasteiger partial charge in [0.1, 0.15) is 5.82 Å². The summed E-state index contributed by atoms with van der Waals surface area (Å²) in [5.74, 6) is -1.50. The molecule has 0 bridgehead atoms. The molecule has 0 unspecified atom stereocenters. The van der Waals surface area contributed by atoms with Gasteiger partial charge in [0, 0.05) is 61.6 Å². The van der Waals surface area contributed by atoms with Crippen LogP contribution in [0.15, 0.2) is 84.0 Å². The lowest BCUT2D eigenvalue weighted by Crippen LogP contribution is -2.48. The Kier molecular flexibility index (Phi) is 6.75. The Morgan fingerprint density at radius 1 is 0.889 bits per heavy atom. The fourth-order valence-electron chi connectivity index (χ4n) is 4.42. The van der Waals surface area contributed by atoms with E-state index in [1.807, 2.05) is 18.2 Å². The second-order valence-corrected chi connectivity index (χ2v) is 10.7. The van der Waals surface area contributed by atoms with Crippen LogP contribution in [-0.4, -0.2) is 60.3 Å². The molecule has 1 fully saturated rings. The van der Waals surface area contributed by atoms with Crippen LogP contribution in [0.5, 0.6) is 0 Å². The molecule has 7 nitrogen and oxygen atoms in total. The van der Waals surface area contributed by atoms with Crippen molar-refractivity contribution < 1.29 is 17.6 Å². The topological polar surface area (TPSA) is 83.5 Å². The molecule has 9 heteroatoms. The van der Waals surface area contributed by atoms with Crippen molar-refractivity contribution >= 4 is 26.6 Å². The molecule has 1 amide bonds. The normalized spacial score (nSPS) is 14.8. The predicted molar refractivity (Wildman–Crippen MR) is 134 cm³/mol. The van der Waals surface area contributed by atoms with Crippen molar-refractivity contribution in [2.75, 3.05) is 26.2 Å². The highest BCUT2D eigenvalue weighted by atomic mass is 32.2. The lowest BCUT2D eigenvalue weighted by molar-refractivity contribution is 0.0626. The Labute approximate surface area is 209 Å². The highest BCUT2D eigenvalue weighted by molar-refractivity contribution is 7.90. The number of rotatable bonds is 6. The van der Waals surface area contributed by atoms with Gasteiger partial charge in [0.2, 0.25) is 0 Å². The molecule has 0 aliphatic carbocycles. The molecule has 0 spiro atoms. The molecule has 5 rings (SSSR count). The first-order valence-electron chi connectivity index (χ1n) is 11.7. The zero-order valence-electron chi connectivity index (χ0n) is 19.5. The first-order valence-corrected chi connectivity index (χ1v) is 13.3. The van der Waals surface area contributed by atoms with Crippen LogP contribution in [0, 0.1) is 5.82 Å². The summed E-state index contributed by atoms with van der Waals surface area (Å²) in [5.41, 5.74) is 1.55. The number of aromatic nitrogens is 2. The summed E-state index contributed by atoms with van der Waals surface area (Å²) in [4.78, 5) is 25.5. The standard InChI is InChI=1S/C27H25FN4O3S/c28-24-17-21(27(33)32-15-13-31(14-16-32)18-23-7-1-2-11-29-23)9-10-22(24)19-36(34,35)25-8-3-5-20-6-4-12-30-26(20)25/h1-12,17H,13-16,18-19H2. The number of hydrogen-bond donors (Lipinski definition) is 0. The first-order chi connectivity index (χ1) is 17.4. The van der Waals surface area contributed by atoms with Crippen molar-refractivity contribution in [3.05, 3.63) is 102 Å². The van der Waals surface area contributed by atoms with Gasteiger partial charge in [-0.3, -0.25) is 19.7 Å². The lowest BCUT2D eigenvalue weighted by atomic mass is 10.1. The minimum Gasteiger partial charge on any atom is -0.336 e. The SMILES string of the molecule is O=C(c1ccc(CS(=O)(=O)c2cccc3cccnc23)c(F)c1)N1CCN(Cc2ccccn2)CC1. The molecule has 4 aromatic rings. The van der Waals surface area contributed by atoms with Gasteiger partial charge < -0.3 is 4.90 Å². The maximum atomic E-state index is 15.0. The predicted octanol–water partition coefficient (Wildman–Crippen LogP) is 3.70. The molecule has 36 heavy (non-hydrogen) atoms. The molecule has 2 aromatic carbocycles. The van der Waals surface area contributed by atoms with Crippen LogP contribution in [-0.2, 0) is 22.1 Å². The largest absolute Gasteiger partial charge is 0.336 e. The number of benzene rings is 2. The van der Waals surface area contributed by atoms with Crippen LogP contribution in [0.25, 0.3) is 10.9 Å². The van der Waals surface area contributed by atoms with Crippen LogP contribution in [0.3, 0.4) is 0 Å². The highest BCUT2D eigenvalue weighted by Gasteiger charge is 2.25. The monoisotopic (exact) mass is 504 g/mol. The summed E-state index contributed by atoms with van der Waals surface area (Å²) >= 11 is 0. The lowest BCUT2D eigenvalue weighted by Gasteiger charge is -2.34. The van der Waals surface area contributed by atoms with Gasteiger partial charge >= 0.3 is 0 Å². The molecule has 1 aliphatic rings. The molecule has 0 radical (unpaired) electrons. The second-order valence-electron chi connectivity index (χ2n) is 8.79. The third-order valence-corrected chi connectivity index (χ3v) is 8.04. The summed E-state index contributed by atoms with van der Waals surface area (Å²) in [6.07, 6.45) is 3.29. The summed E-state index contributed by atoms with van der Waals surface area (Å²) < 4.78 is 41.2. The fraction of sp³-hybridized carbons (Fsp3) is 0.222. The van der Waals surface area contributed by atoms with Crippen LogP contribution in [0.2, 0.25) is 0 Å². The number of halogens is 1. The summed E-state index contributed by atoms with van der Waals surface area (Å²) in [6.45, 7) is 3.16. The number of carbonyl (C=O) groups is 1. The smallest absolute Gasteiger partial charge is 0.254 e. The van der Waals surface area contributed by atoms with Crippen LogP contribution < -0.4 is 0 Å². The maximum Gasteiger partial charge on any atom is 0.254 e. The van der Waals surface area contributed by atoms with Crippen molar-refractivity contribution in [3.63, 3.8) is 0 Å². The molecule has 1 aliphatic heterocycles. The van der Waals surface area contributed by atoms with E-state index >= 15 is 0 Å². The number of carbonyl (C=O) groups excluding carboxylic acids is 1. The van der Waals surface area contributed by atoms with E-state index in [2.05, 4.69) is 14.9 Å². The highest BCUT2D eigenvalue weighted by Crippen LogP contribution is 2.25. The molecule has 0 saturated carbocycles. The number of hydrogen-bond acceptors (Lipinski definition) is 6. The number of amides is 1. The number of nitrogens with zero attached hydrogens (tertiary/aromatic N) is 4. The quantitative estimate of drug-likeness (QED) is 0.398. The Hall–Kier alpha value is -3.69.